The Morgan fingerprint density at radius 2 is 2.05 bits per heavy atom. The van der Waals surface area contributed by atoms with Gasteiger partial charge in [0.25, 0.3) is 0 Å². The highest BCUT2D eigenvalue weighted by molar-refractivity contribution is 6.42. The Labute approximate surface area is 128 Å². The van der Waals surface area contributed by atoms with Crippen molar-refractivity contribution in [2.75, 3.05) is 0 Å². The van der Waals surface area contributed by atoms with E-state index in [1.54, 1.807) is 18.6 Å². The average molecular weight is 313 g/mol. The summed E-state index contributed by atoms with van der Waals surface area (Å²) in [6.45, 7) is 0. The Balaban J connectivity index is 1.91. The molecule has 1 aliphatic rings. The van der Waals surface area contributed by atoms with Crippen molar-refractivity contribution in [3.8, 4) is 0 Å². The Hall–Kier alpha value is -0.770. The van der Waals surface area contributed by atoms with E-state index < -0.39 is 6.10 Å². The van der Waals surface area contributed by atoms with Crippen LogP contribution in [0.5, 0.6) is 0 Å². The van der Waals surface area contributed by atoms with Crippen molar-refractivity contribution in [2.45, 2.75) is 44.6 Å². The molecule has 2 aromatic rings. The second kappa shape index (κ2) is 5.92. The molecule has 0 spiro atoms. The average Bonchev–Trinajstić information content (AvgIpc) is 2.88. The van der Waals surface area contributed by atoms with Crippen molar-refractivity contribution < 1.29 is 5.11 Å². The predicted octanol–water partition coefficient (Wildman–Crippen LogP) is 4.64. The third kappa shape index (κ3) is 2.67. The predicted molar refractivity (Wildman–Crippen MR) is 81.4 cm³/mol. The number of pyridine rings is 1. The molecule has 20 heavy (non-hydrogen) atoms. The molecule has 1 N–H and O–H groups in total. The molecular weight excluding hydrogens is 295 g/mol. The van der Waals surface area contributed by atoms with Crippen LogP contribution in [0.4, 0.5) is 0 Å². The lowest BCUT2D eigenvalue weighted by Gasteiger charge is -2.25. The van der Waals surface area contributed by atoms with Crippen LogP contribution >= 0.6 is 23.2 Å². The fraction of sp³-hybridized carbons (Fsp3) is 0.533. The number of nitrogens with zero attached hydrogens (tertiary/aromatic N) is 2. The monoisotopic (exact) mass is 312 g/mol. The summed E-state index contributed by atoms with van der Waals surface area (Å²) in [5.41, 5.74) is 1.52. The summed E-state index contributed by atoms with van der Waals surface area (Å²) in [5, 5.41) is 11.5. The third-order valence-corrected chi connectivity index (χ3v) is 5.02. The second-order valence-electron chi connectivity index (χ2n) is 5.64. The number of aromatic nitrogens is 2. The number of aliphatic hydroxyl groups is 1. The van der Waals surface area contributed by atoms with Crippen LogP contribution in [-0.4, -0.2) is 14.5 Å². The molecule has 1 fully saturated rings. The quantitative estimate of drug-likeness (QED) is 0.896. The van der Waals surface area contributed by atoms with Crippen LogP contribution in [-0.2, 0) is 0 Å². The van der Waals surface area contributed by atoms with E-state index in [9.17, 15) is 5.11 Å². The van der Waals surface area contributed by atoms with Gasteiger partial charge in [-0.1, -0.05) is 55.3 Å². The molecule has 0 aliphatic heterocycles. The fourth-order valence-corrected chi connectivity index (χ4v) is 3.67. The van der Waals surface area contributed by atoms with Gasteiger partial charge in [-0.25, -0.2) is 4.98 Å². The first-order valence-corrected chi connectivity index (χ1v) is 7.90. The number of halogens is 2. The van der Waals surface area contributed by atoms with Gasteiger partial charge in [0, 0.05) is 0 Å². The Morgan fingerprint density at radius 1 is 1.30 bits per heavy atom. The summed E-state index contributed by atoms with van der Waals surface area (Å²) in [4.78, 5) is 4.11. The minimum atomic E-state index is -0.596. The maximum Gasteiger partial charge on any atom is 0.0995 e. The van der Waals surface area contributed by atoms with E-state index >= 15 is 0 Å². The molecule has 0 amide bonds. The standard InChI is InChI=1S/C15H18Cl2N2O/c16-12-7-11-8-18-9-19(11)15(14(12)17)13(20)6-10-4-2-1-3-5-10/h7-10,13,20H,1-6H2/t13-/m1/s1. The third-order valence-electron chi connectivity index (χ3n) is 4.23. The molecule has 3 rings (SSSR count). The smallest absolute Gasteiger partial charge is 0.0995 e. The summed E-state index contributed by atoms with van der Waals surface area (Å²) in [7, 11) is 0. The molecule has 1 atom stereocenters. The first-order chi connectivity index (χ1) is 9.66. The van der Waals surface area contributed by atoms with Crippen molar-refractivity contribution in [1.82, 2.24) is 9.38 Å². The van der Waals surface area contributed by atoms with Gasteiger partial charge in [0.1, 0.15) is 0 Å². The molecule has 5 heteroatoms. The number of hydrogen-bond acceptors (Lipinski definition) is 2. The molecule has 3 nitrogen and oxygen atoms in total. The van der Waals surface area contributed by atoms with Crippen LogP contribution < -0.4 is 0 Å². The highest BCUT2D eigenvalue weighted by Gasteiger charge is 2.23. The highest BCUT2D eigenvalue weighted by Crippen LogP contribution is 2.37. The van der Waals surface area contributed by atoms with E-state index in [0.717, 1.165) is 11.9 Å². The minimum absolute atomic E-state index is 0.431. The summed E-state index contributed by atoms with van der Waals surface area (Å²) in [5.74, 6) is 0.576. The molecule has 0 bridgehead atoms. The first kappa shape index (κ1) is 14.2. The maximum absolute atomic E-state index is 10.6. The fourth-order valence-electron chi connectivity index (χ4n) is 3.19. The molecule has 0 aromatic carbocycles. The molecule has 0 unspecified atom stereocenters. The maximum atomic E-state index is 10.6. The summed E-state index contributed by atoms with van der Waals surface area (Å²) in [6.07, 6.45) is 9.79. The summed E-state index contributed by atoms with van der Waals surface area (Å²) < 4.78 is 1.84. The Morgan fingerprint density at radius 3 is 2.80 bits per heavy atom. The van der Waals surface area contributed by atoms with Gasteiger partial charge in [0.05, 0.1) is 39.9 Å². The van der Waals surface area contributed by atoms with Gasteiger partial charge in [0.15, 0.2) is 0 Å². The van der Waals surface area contributed by atoms with Crippen LogP contribution in [0, 0.1) is 5.92 Å². The zero-order valence-electron chi connectivity index (χ0n) is 11.2. The van der Waals surface area contributed by atoms with Gasteiger partial charge >= 0.3 is 0 Å². The van der Waals surface area contributed by atoms with Crippen molar-refractivity contribution in [2.24, 2.45) is 5.92 Å². The lowest BCUT2D eigenvalue weighted by atomic mass is 9.85. The largest absolute Gasteiger partial charge is 0.387 e. The molecule has 2 heterocycles. The lowest BCUT2D eigenvalue weighted by molar-refractivity contribution is 0.126. The van der Waals surface area contributed by atoms with Gasteiger partial charge in [-0.05, 0) is 18.4 Å². The molecule has 1 saturated carbocycles. The number of fused-ring (bicyclic) bond motifs is 1. The van der Waals surface area contributed by atoms with Crippen LogP contribution in [0.25, 0.3) is 5.52 Å². The van der Waals surface area contributed by atoms with Crippen molar-refractivity contribution in [3.63, 3.8) is 0 Å². The van der Waals surface area contributed by atoms with Crippen LogP contribution in [0.3, 0.4) is 0 Å². The van der Waals surface area contributed by atoms with Crippen LogP contribution in [0.15, 0.2) is 18.6 Å². The number of hydrogen-bond donors (Lipinski definition) is 1. The minimum Gasteiger partial charge on any atom is -0.387 e. The van der Waals surface area contributed by atoms with E-state index in [-0.39, 0.29) is 0 Å². The highest BCUT2D eigenvalue weighted by atomic mass is 35.5. The first-order valence-electron chi connectivity index (χ1n) is 7.15. The molecule has 0 radical (unpaired) electrons. The molecule has 108 valence electrons. The topological polar surface area (TPSA) is 37.5 Å². The van der Waals surface area contributed by atoms with Crippen LogP contribution in [0.2, 0.25) is 10.0 Å². The van der Waals surface area contributed by atoms with E-state index in [1.807, 2.05) is 4.40 Å². The zero-order valence-corrected chi connectivity index (χ0v) is 12.7. The van der Waals surface area contributed by atoms with Crippen molar-refractivity contribution in [3.05, 3.63) is 34.3 Å². The van der Waals surface area contributed by atoms with E-state index in [2.05, 4.69) is 4.98 Å². The summed E-state index contributed by atoms with van der Waals surface area (Å²) in [6, 6.07) is 1.77. The Bertz CT molecular complexity index is 605. The number of rotatable bonds is 3. The Kier molecular flexibility index (Phi) is 4.20. The SMILES string of the molecule is O[C@H](CC1CCCCC1)c1c(Cl)c(Cl)cc2cncn12. The molecular formula is C15H18Cl2N2O. The van der Waals surface area contributed by atoms with Gasteiger partial charge in [-0.3, -0.25) is 4.40 Å². The van der Waals surface area contributed by atoms with E-state index in [4.69, 9.17) is 23.2 Å². The van der Waals surface area contributed by atoms with E-state index in [1.165, 1.54) is 32.1 Å². The molecule has 2 aromatic heterocycles. The zero-order chi connectivity index (χ0) is 14.1. The normalized spacial score (nSPS) is 18.6. The van der Waals surface area contributed by atoms with Crippen LogP contribution in [0.1, 0.15) is 50.3 Å². The number of aliphatic hydroxyl groups excluding tert-OH is 1. The number of imidazole rings is 1. The second-order valence-corrected chi connectivity index (χ2v) is 6.42. The lowest BCUT2D eigenvalue weighted by Crippen LogP contribution is -2.13. The van der Waals surface area contributed by atoms with Crippen molar-refractivity contribution >= 4 is 28.7 Å². The van der Waals surface area contributed by atoms with Gasteiger partial charge in [0.2, 0.25) is 0 Å². The molecule has 1 aliphatic carbocycles. The van der Waals surface area contributed by atoms with Gasteiger partial charge in [-0.15, -0.1) is 0 Å². The van der Waals surface area contributed by atoms with Gasteiger partial charge < -0.3 is 5.11 Å². The summed E-state index contributed by atoms with van der Waals surface area (Å²) >= 11 is 12.5. The van der Waals surface area contributed by atoms with E-state index in [0.29, 0.717) is 21.7 Å². The molecule has 0 saturated heterocycles. The van der Waals surface area contributed by atoms with Crippen molar-refractivity contribution in [1.29, 1.82) is 0 Å². The van der Waals surface area contributed by atoms with Gasteiger partial charge in [-0.2, -0.15) is 0 Å².